The number of carboxylic acid groups (broad SMARTS) is 1. The number of ether oxygens (including phenoxy) is 1. The van der Waals surface area contributed by atoms with Crippen LogP contribution in [-0.4, -0.2) is 70.6 Å². The number of hydrogen-bond donors (Lipinski definition) is 4. The van der Waals surface area contributed by atoms with Crippen LogP contribution in [0.2, 0.25) is 0 Å². The minimum atomic E-state index is -3.77. The van der Waals surface area contributed by atoms with E-state index in [4.69, 9.17) is 25.6 Å². The van der Waals surface area contributed by atoms with Gasteiger partial charge in [-0.25, -0.2) is 13.9 Å². The fourth-order valence-corrected chi connectivity index (χ4v) is 3.68. The molecule has 11 nitrogen and oxygen atoms in total. The van der Waals surface area contributed by atoms with Gasteiger partial charge in [0.05, 0.1) is 18.7 Å². The van der Waals surface area contributed by atoms with E-state index in [0.29, 0.717) is 18.7 Å². The van der Waals surface area contributed by atoms with E-state index in [1.54, 1.807) is 23.0 Å². The highest BCUT2D eigenvalue weighted by Crippen LogP contribution is 2.23. The minimum Gasteiger partial charge on any atom is -0.483 e. The van der Waals surface area contributed by atoms with Crippen LogP contribution < -0.4 is 11.2 Å². The second kappa shape index (κ2) is 10.5. The minimum absolute atomic E-state index is 0.0565. The molecule has 176 valence electrons. The van der Waals surface area contributed by atoms with E-state index >= 15 is 0 Å². The number of nitrogens with one attached hydrogen (secondary N) is 1. The van der Waals surface area contributed by atoms with Crippen LogP contribution >= 0.6 is 0 Å². The summed E-state index contributed by atoms with van der Waals surface area (Å²) in [6, 6.07) is 5.44. The van der Waals surface area contributed by atoms with E-state index in [2.05, 4.69) is 28.8 Å². The molecule has 0 bridgehead atoms. The molecule has 0 radical (unpaired) electrons. The van der Waals surface area contributed by atoms with E-state index in [0.717, 1.165) is 17.2 Å². The zero-order valence-corrected chi connectivity index (χ0v) is 18.8. The van der Waals surface area contributed by atoms with Gasteiger partial charge in [0, 0.05) is 29.9 Å². The summed E-state index contributed by atoms with van der Waals surface area (Å²) in [7, 11) is -3.77. The highest BCUT2D eigenvalue weighted by atomic mass is 32.2. The molecule has 1 atom stereocenters. The molecule has 1 amide bonds. The van der Waals surface area contributed by atoms with Crippen LogP contribution in [0.3, 0.4) is 0 Å². The molecule has 1 aromatic carbocycles. The van der Waals surface area contributed by atoms with E-state index < -0.39 is 26.0 Å². The summed E-state index contributed by atoms with van der Waals surface area (Å²) in [4.78, 5) is 20.3. The second-order valence-electron chi connectivity index (χ2n) is 7.61. The largest absolute Gasteiger partial charge is 0.483 e. The molecule has 2 aromatic rings. The molecular formula is C21H24N4O7S. The van der Waals surface area contributed by atoms with Crippen LogP contribution in [0.25, 0.3) is 10.9 Å². The number of nitrogens with zero attached hydrogens (tertiary/aromatic N) is 2. The highest BCUT2D eigenvalue weighted by Gasteiger charge is 2.43. The third kappa shape index (κ3) is 6.31. The van der Waals surface area contributed by atoms with Gasteiger partial charge in [0.15, 0.2) is 14.6 Å². The van der Waals surface area contributed by atoms with Crippen LogP contribution in [0.1, 0.15) is 18.9 Å². The summed E-state index contributed by atoms with van der Waals surface area (Å²) < 4.78 is 28.9. The number of nitrogens with two attached hydrogens (primary N) is 1. The summed E-state index contributed by atoms with van der Waals surface area (Å²) in [5.41, 5.74) is 8.19. The Labute approximate surface area is 190 Å². The standard InChI is InChI=1S/C20H22N4O5S.CH2O2/c1-19(18(25)23-26,30(2,27)28)9-10-24-12-16-11-15(6-7-17(16)22-24)5-3-4-8-20(21)13-29-14-20;2-1-3/h6-7,11-12,26H,9-10,13-14,21H2,1-2H3,(H,23,25);1H,(H,2,3)/t19-;/m1./s1. The third-order valence-corrected chi connectivity index (χ3v) is 7.10. The van der Waals surface area contributed by atoms with Crippen molar-refractivity contribution in [1.82, 2.24) is 15.3 Å². The Morgan fingerprint density at radius 2 is 2.09 bits per heavy atom. The van der Waals surface area contributed by atoms with Gasteiger partial charge in [0.1, 0.15) is 5.54 Å². The lowest BCUT2D eigenvalue weighted by atomic mass is 10.0. The van der Waals surface area contributed by atoms with Gasteiger partial charge in [0.2, 0.25) is 0 Å². The van der Waals surface area contributed by atoms with Gasteiger partial charge in [0.25, 0.3) is 12.4 Å². The van der Waals surface area contributed by atoms with Crippen molar-refractivity contribution in [3.8, 4) is 23.7 Å². The number of sulfone groups is 1. The predicted octanol–water partition coefficient (Wildman–Crippen LogP) is -0.481. The lowest BCUT2D eigenvalue weighted by Crippen LogP contribution is -2.56. The highest BCUT2D eigenvalue weighted by molar-refractivity contribution is 7.92. The number of aromatic nitrogens is 2. The van der Waals surface area contributed by atoms with Gasteiger partial charge in [-0.15, -0.1) is 0 Å². The molecule has 1 saturated heterocycles. The second-order valence-corrected chi connectivity index (χ2v) is 10.1. The summed E-state index contributed by atoms with van der Waals surface area (Å²) in [6.45, 7) is 2.00. The van der Waals surface area contributed by atoms with Gasteiger partial charge in [-0.1, -0.05) is 11.8 Å². The predicted molar refractivity (Wildman–Crippen MR) is 119 cm³/mol. The first kappa shape index (κ1) is 25.8. The zero-order valence-electron chi connectivity index (χ0n) is 18.0. The summed E-state index contributed by atoms with van der Waals surface area (Å²) in [6.07, 6.45) is 2.64. The molecular weight excluding hydrogens is 452 g/mol. The van der Waals surface area contributed by atoms with E-state index in [1.807, 2.05) is 6.07 Å². The number of carbonyl (C=O) groups excluding carboxylic acids is 1. The van der Waals surface area contributed by atoms with Crippen LogP contribution in [0.15, 0.2) is 24.4 Å². The van der Waals surface area contributed by atoms with Gasteiger partial charge in [-0.2, -0.15) is 5.10 Å². The molecule has 1 aromatic heterocycles. The molecule has 1 fully saturated rings. The average molecular weight is 477 g/mol. The Morgan fingerprint density at radius 3 is 2.64 bits per heavy atom. The van der Waals surface area contributed by atoms with Gasteiger partial charge < -0.3 is 15.6 Å². The Bertz CT molecular complexity index is 1260. The lowest BCUT2D eigenvalue weighted by molar-refractivity contribution is -0.131. The molecule has 0 aliphatic carbocycles. The molecule has 0 unspecified atom stereocenters. The van der Waals surface area contributed by atoms with E-state index in [-0.39, 0.29) is 19.4 Å². The molecule has 1 aliphatic rings. The fourth-order valence-electron chi connectivity index (χ4n) is 2.84. The average Bonchev–Trinajstić information content (AvgIpc) is 3.15. The Hall–Kier alpha value is -3.42. The first-order valence-corrected chi connectivity index (χ1v) is 11.5. The topological polar surface area (TPSA) is 174 Å². The SMILES string of the molecule is C[C@@](CCn1cc2cc(C#CC#CC3(N)COC3)ccc2n1)(C(=O)NO)S(C)(=O)=O.O=CO. The van der Waals surface area contributed by atoms with Crippen molar-refractivity contribution in [1.29, 1.82) is 0 Å². The quantitative estimate of drug-likeness (QED) is 0.192. The van der Waals surface area contributed by atoms with Crippen molar-refractivity contribution < 1.29 is 33.1 Å². The number of hydrogen-bond acceptors (Lipinski definition) is 8. The molecule has 1 aliphatic heterocycles. The van der Waals surface area contributed by atoms with Gasteiger partial charge >= 0.3 is 0 Å². The lowest BCUT2D eigenvalue weighted by Gasteiger charge is -2.32. The number of aryl methyl sites for hydroxylation is 1. The fraction of sp³-hybridized carbons (Fsp3) is 0.381. The van der Waals surface area contributed by atoms with Crippen LogP contribution in [0, 0.1) is 23.7 Å². The maximum Gasteiger partial charge on any atom is 0.290 e. The summed E-state index contributed by atoms with van der Waals surface area (Å²) in [5, 5.41) is 21.0. The zero-order chi connectivity index (χ0) is 24.7. The number of rotatable bonds is 5. The molecule has 0 spiro atoms. The smallest absolute Gasteiger partial charge is 0.290 e. The van der Waals surface area contributed by atoms with E-state index in [9.17, 15) is 13.2 Å². The van der Waals surface area contributed by atoms with Crippen LogP contribution in [-0.2, 0) is 30.7 Å². The van der Waals surface area contributed by atoms with Gasteiger partial charge in [-0.3, -0.25) is 19.5 Å². The molecule has 5 N–H and O–H groups in total. The number of benzene rings is 1. The van der Waals surface area contributed by atoms with E-state index in [1.165, 1.54) is 12.4 Å². The van der Waals surface area contributed by atoms with Crippen LogP contribution in [0.5, 0.6) is 0 Å². The summed E-state index contributed by atoms with van der Waals surface area (Å²) in [5.74, 6) is 10.4. The number of carbonyl (C=O) groups is 2. The van der Waals surface area contributed by atoms with Crippen molar-refractivity contribution in [3.63, 3.8) is 0 Å². The van der Waals surface area contributed by atoms with Crippen LogP contribution in [0.4, 0.5) is 0 Å². The Kier molecular flexibility index (Phi) is 8.19. The normalized spacial score (nSPS) is 15.8. The number of hydroxylamine groups is 1. The Morgan fingerprint density at radius 1 is 1.42 bits per heavy atom. The molecule has 3 rings (SSSR count). The molecule has 2 heterocycles. The Balaban J connectivity index is 0.00000122. The first-order chi connectivity index (χ1) is 15.5. The number of fused-ring (bicyclic) bond motifs is 1. The molecule has 12 heteroatoms. The van der Waals surface area contributed by atoms with Crippen molar-refractivity contribution >= 4 is 33.1 Å². The van der Waals surface area contributed by atoms with Crippen molar-refractivity contribution in [3.05, 3.63) is 30.0 Å². The first-order valence-electron chi connectivity index (χ1n) is 9.57. The molecule has 33 heavy (non-hydrogen) atoms. The van der Waals surface area contributed by atoms with Crippen molar-refractivity contribution in [2.45, 2.75) is 30.2 Å². The van der Waals surface area contributed by atoms with Crippen molar-refractivity contribution in [2.75, 3.05) is 19.5 Å². The van der Waals surface area contributed by atoms with Gasteiger partial charge in [-0.05, 0) is 43.4 Å². The maximum absolute atomic E-state index is 12.1. The van der Waals surface area contributed by atoms with Crippen molar-refractivity contribution in [2.24, 2.45) is 5.73 Å². The summed E-state index contributed by atoms with van der Waals surface area (Å²) >= 11 is 0. The third-order valence-electron chi connectivity index (χ3n) is 5.07. The molecule has 0 saturated carbocycles. The monoisotopic (exact) mass is 476 g/mol. The number of amides is 1. The maximum atomic E-state index is 12.1.